The molecule has 1 aliphatic heterocycles. The molecule has 116 valence electrons. The number of carbonyl (C=O) groups is 1. The topological polar surface area (TPSA) is 32.3 Å². The Kier molecular flexibility index (Phi) is 4.88. The van der Waals surface area contributed by atoms with E-state index in [9.17, 15) is 18.0 Å². The summed E-state index contributed by atoms with van der Waals surface area (Å²) >= 11 is 0. The van der Waals surface area contributed by atoms with Crippen molar-refractivity contribution in [2.75, 3.05) is 26.7 Å². The number of halogens is 3. The third-order valence-electron chi connectivity index (χ3n) is 3.80. The lowest BCUT2D eigenvalue weighted by molar-refractivity contribution is -0.138. The average Bonchev–Trinajstić information content (AvgIpc) is 2.87. The number of nitrogens with one attached hydrogen (secondary N) is 1. The fourth-order valence-corrected chi connectivity index (χ4v) is 2.74. The molecule has 0 bridgehead atoms. The van der Waals surface area contributed by atoms with Gasteiger partial charge in [0.2, 0.25) is 5.91 Å². The van der Waals surface area contributed by atoms with Crippen molar-refractivity contribution in [3.63, 3.8) is 0 Å². The summed E-state index contributed by atoms with van der Waals surface area (Å²) in [6.07, 6.45) is -3.72. The fourth-order valence-electron chi connectivity index (χ4n) is 2.74. The van der Waals surface area contributed by atoms with Crippen LogP contribution in [0.3, 0.4) is 0 Å². The van der Waals surface area contributed by atoms with E-state index in [1.807, 2.05) is 7.05 Å². The van der Waals surface area contributed by atoms with Gasteiger partial charge in [0, 0.05) is 13.1 Å². The monoisotopic (exact) mass is 300 g/mol. The molecule has 0 saturated carbocycles. The highest BCUT2D eigenvalue weighted by atomic mass is 19.4. The highest BCUT2D eigenvalue weighted by Crippen LogP contribution is 2.32. The number of benzene rings is 1. The van der Waals surface area contributed by atoms with Crippen molar-refractivity contribution in [1.29, 1.82) is 0 Å². The highest BCUT2D eigenvalue weighted by molar-refractivity contribution is 5.79. The summed E-state index contributed by atoms with van der Waals surface area (Å²) in [5, 5.41) is 3.06. The normalized spacial score (nSPS) is 19.0. The number of likely N-dealkylation sites (tertiary alicyclic amines) is 1. The maximum Gasteiger partial charge on any atom is 0.416 e. The zero-order chi connectivity index (χ0) is 15.5. The van der Waals surface area contributed by atoms with Crippen LogP contribution in [0.15, 0.2) is 24.3 Å². The lowest BCUT2D eigenvalue weighted by Crippen LogP contribution is -2.32. The second-order valence-electron chi connectivity index (χ2n) is 5.38. The van der Waals surface area contributed by atoms with E-state index in [1.54, 1.807) is 4.90 Å². The number of alkyl halides is 3. The third kappa shape index (κ3) is 3.97. The van der Waals surface area contributed by atoms with Gasteiger partial charge in [0.15, 0.2) is 0 Å². The maximum absolute atomic E-state index is 12.9. The Bertz CT molecular complexity index is 502. The van der Waals surface area contributed by atoms with Crippen molar-refractivity contribution in [2.45, 2.75) is 19.0 Å². The molecular weight excluding hydrogens is 281 g/mol. The van der Waals surface area contributed by atoms with Gasteiger partial charge >= 0.3 is 6.18 Å². The third-order valence-corrected chi connectivity index (χ3v) is 3.80. The number of nitrogens with zero attached hydrogens (tertiary/aromatic N) is 1. The molecule has 0 radical (unpaired) electrons. The van der Waals surface area contributed by atoms with Gasteiger partial charge in [0.25, 0.3) is 0 Å². The lowest BCUT2D eigenvalue weighted by atomic mass is 10.0. The maximum atomic E-state index is 12.9. The predicted molar refractivity (Wildman–Crippen MR) is 73.8 cm³/mol. The molecule has 21 heavy (non-hydrogen) atoms. The first-order chi connectivity index (χ1) is 9.91. The molecule has 1 N–H and O–H groups in total. The summed E-state index contributed by atoms with van der Waals surface area (Å²) in [4.78, 5) is 13.8. The van der Waals surface area contributed by atoms with Crippen molar-refractivity contribution in [2.24, 2.45) is 5.92 Å². The molecule has 1 amide bonds. The standard InChI is InChI=1S/C15H19F3N2O/c1-19-9-11-6-7-20(10-11)14(21)8-12-4-2-3-5-13(12)15(16,17)18/h2-5,11,19H,6-10H2,1H3. The van der Waals surface area contributed by atoms with Gasteiger partial charge in [-0.2, -0.15) is 13.2 Å². The van der Waals surface area contributed by atoms with E-state index in [0.717, 1.165) is 19.0 Å². The van der Waals surface area contributed by atoms with E-state index >= 15 is 0 Å². The van der Waals surface area contributed by atoms with Crippen LogP contribution in [0.5, 0.6) is 0 Å². The molecule has 3 nitrogen and oxygen atoms in total. The summed E-state index contributed by atoms with van der Waals surface area (Å²) in [5.74, 6) is 0.155. The Hall–Kier alpha value is -1.56. The highest BCUT2D eigenvalue weighted by Gasteiger charge is 2.34. The number of amides is 1. The van der Waals surface area contributed by atoms with Gasteiger partial charge in [-0.15, -0.1) is 0 Å². The molecule has 1 fully saturated rings. The summed E-state index contributed by atoms with van der Waals surface area (Å²) < 4.78 is 38.7. The molecule has 1 atom stereocenters. The van der Waals surface area contributed by atoms with Crippen LogP contribution in [0.1, 0.15) is 17.5 Å². The van der Waals surface area contributed by atoms with E-state index in [1.165, 1.54) is 18.2 Å². The van der Waals surface area contributed by atoms with Crippen LogP contribution in [-0.2, 0) is 17.4 Å². The summed E-state index contributed by atoms with van der Waals surface area (Å²) in [6, 6.07) is 5.28. The van der Waals surface area contributed by atoms with Crippen LogP contribution in [0.25, 0.3) is 0 Å². The van der Waals surface area contributed by atoms with E-state index in [-0.39, 0.29) is 17.9 Å². The average molecular weight is 300 g/mol. The smallest absolute Gasteiger partial charge is 0.342 e. The summed E-state index contributed by atoms with van der Waals surface area (Å²) in [7, 11) is 1.85. The molecule has 2 rings (SSSR count). The van der Waals surface area contributed by atoms with Crippen LogP contribution < -0.4 is 5.32 Å². The van der Waals surface area contributed by atoms with Gasteiger partial charge in [-0.05, 0) is 37.6 Å². The zero-order valence-corrected chi connectivity index (χ0v) is 11.9. The van der Waals surface area contributed by atoms with E-state index in [4.69, 9.17) is 0 Å². The first-order valence-corrected chi connectivity index (χ1v) is 6.99. The Balaban J connectivity index is 2.04. The molecule has 1 saturated heterocycles. The lowest BCUT2D eigenvalue weighted by Gasteiger charge is -2.18. The second kappa shape index (κ2) is 6.47. The quantitative estimate of drug-likeness (QED) is 0.925. The molecule has 6 heteroatoms. The Labute approximate surface area is 122 Å². The first-order valence-electron chi connectivity index (χ1n) is 6.99. The molecule has 0 aliphatic carbocycles. The van der Waals surface area contributed by atoms with Crippen molar-refractivity contribution in [3.8, 4) is 0 Å². The van der Waals surface area contributed by atoms with Gasteiger partial charge in [0.05, 0.1) is 12.0 Å². The Morgan fingerprint density at radius 3 is 2.76 bits per heavy atom. The number of hydrogen-bond acceptors (Lipinski definition) is 2. The first kappa shape index (κ1) is 15.8. The van der Waals surface area contributed by atoms with Crippen molar-refractivity contribution < 1.29 is 18.0 Å². The molecular formula is C15H19F3N2O. The van der Waals surface area contributed by atoms with Crippen LogP contribution >= 0.6 is 0 Å². The van der Waals surface area contributed by atoms with Crippen LogP contribution in [-0.4, -0.2) is 37.5 Å². The van der Waals surface area contributed by atoms with Gasteiger partial charge in [-0.1, -0.05) is 18.2 Å². The molecule has 1 unspecified atom stereocenters. The van der Waals surface area contributed by atoms with Crippen LogP contribution in [0.2, 0.25) is 0 Å². The number of rotatable bonds is 4. The largest absolute Gasteiger partial charge is 0.416 e. The molecule has 1 aromatic rings. The van der Waals surface area contributed by atoms with Gasteiger partial charge in [-0.25, -0.2) is 0 Å². The second-order valence-corrected chi connectivity index (χ2v) is 5.38. The van der Waals surface area contributed by atoms with Gasteiger partial charge in [-0.3, -0.25) is 4.79 Å². The Morgan fingerprint density at radius 1 is 1.38 bits per heavy atom. The molecule has 1 aliphatic rings. The van der Waals surface area contributed by atoms with E-state index in [2.05, 4.69) is 5.32 Å². The predicted octanol–water partition coefficient (Wildman–Crippen LogP) is 2.32. The van der Waals surface area contributed by atoms with Crippen LogP contribution in [0, 0.1) is 5.92 Å². The molecule has 1 heterocycles. The minimum Gasteiger partial charge on any atom is -0.342 e. The summed E-state index contributed by atoms with van der Waals surface area (Å²) in [6.45, 7) is 2.07. The van der Waals surface area contributed by atoms with Crippen molar-refractivity contribution >= 4 is 5.91 Å². The molecule has 0 aromatic heterocycles. The molecule has 0 spiro atoms. The zero-order valence-electron chi connectivity index (χ0n) is 11.9. The number of hydrogen-bond donors (Lipinski definition) is 1. The van der Waals surface area contributed by atoms with Gasteiger partial charge < -0.3 is 10.2 Å². The Morgan fingerprint density at radius 2 is 2.10 bits per heavy atom. The number of carbonyl (C=O) groups excluding carboxylic acids is 1. The van der Waals surface area contributed by atoms with E-state index < -0.39 is 11.7 Å². The minimum atomic E-state index is -4.42. The van der Waals surface area contributed by atoms with E-state index in [0.29, 0.717) is 19.0 Å². The SMILES string of the molecule is CNCC1CCN(C(=O)Cc2ccccc2C(F)(F)F)C1. The summed E-state index contributed by atoms with van der Waals surface area (Å²) in [5.41, 5.74) is -0.670. The van der Waals surface area contributed by atoms with Gasteiger partial charge in [0.1, 0.15) is 0 Å². The fraction of sp³-hybridized carbons (Fsp3) is 0.533. The minimum absolute atomic E-state index is 0.0482. The van der Waals surface area contributed by atoms with Crippen LogP contribution in [0.4, 0.5) is 13.2 Å². The van der Waals surface area contributed by atoms with Crippen molar-refractivity contribution in [1.82, 2.24) is 10.2 Å². The van der Waals surface area contributed by atoms with Crippen molar-refractivity contribution in [3.05, 3.63) is 35.4 Å². The molecule has 1 aromatic carbocycles.